The second-order valence-corrected chi connectivity index (χ2v) is 29.8. The van der Waals surface area contributed by atoms with Gasteiger partial charge in [0.1, 0.15) is 47.0 Å². The molecule has 0 bridgehead atoms. The van der Waals surface area contributed by atoms with Crippen LogP contribution in [-0.2, 0) is 128 Å². The average molecular weight is 1690 g/mol. The van der Waals surface area contributed by atoms with E-state index in [9.17, 15) is 68.1 Å². The number of carbonyl (C=O) groups is 11. The minimum absolute atomic E-state index is 0.0609. The molecule has 3 aliphatic rings. The largest absolute Gasteiger partial charge is 0.496 e. The highest BCUT2D eigenvalue weighted by atomic mass is 32.2. The van der Waals surface area contributed by atoms with Gasteiger partial charge in [-0.05, 0) is 30.0 Å². The van der Waals surface area contributed by atoms with E-state index in [0.717, 1.165) is 9.80 Å². The highest BCUT2D eigenvalue weighted by Crippen LogP contribution is 2.36. The Kier molecular flexibility index (Phi) is 47.5. The number of fused-ring (bicyclic) bond motifs is 4. The quantitative estimate of drug-likeness (QED) is 0.0219. The Balaban J connectivity index is 1.05. The lowest BCUT2D eigenvalue weighted by atomic mass is 9.93. The number of H-pyrrole nitrogens is 1. The first-order valence-corrected chi connectivity index (χ1v) is 41.5. The Hall–Kier alpha value is -7.79. The topological polar surface area (TPSA) is 561 Å². The fraction of sp³-hybridized carbons (Fsp3) is 0.716. The molecule has 0 saturated carbocycles. The van der Waals surface area contributed by atoms with Crippen molar-refractivity contribution >= 4 is 98.4 Å². The summed E-state index contributed by atoms with van der Waals surface area (Å²) in [6, 6.07) is -6.38. The summed E-state index contributed by atoms with van der Waals surface area (Å²) in [5.74, 6) is -10.3. The maximum Gasteiger partial charge on any atom is 0.245 e. The highest BCUT2D eigenvalue weighted by Gasteiger charge is 2.45. The number of methoxy groups -OCH3 is 1. The summed E-state index contributed by atoms with van der Waals surface area (Å²) in [5.41, 5.74) is 18.8. The van der Waals surface area contributed by atoms with Gasteiger partial charge in [-0.25, -0.2) is 0 Å². The molecular formula is C74H121N13O27S2. The molecule has 5 rings (SSSR count). The van der Waals surface area contributed by atoms with Crippen molar-refractivity contribution in [2.75, 3.05) is 197 Å². The van der Waals surface area contributed by atoms with Gasteiger partial charge in [0.25, 0.3) is 0 Å². The molecule has 3 aliphatic heterocycles. The van der Waals surface area contributed by atoms with E-state index in [-0.39, 0.29) is 73.1 Å². The second-order valence-electron chi connectivity index (χ2n) is 27.3. The van der Waals surface area contributed by atoms with Gasteiger partial charge >= 0.3 is 0 Å². The maximum atomic E-state index is 15.4. The number of nitrogens with zero attached hydrogens (tertiary/aromatic N) is 2. The zero-order valence-corrected chi connectivity index (χ0v) is 68.6. The number of thioether (sulfide) groups is 1. The van der Waals surface area contributed by atoms with Crippen LogP contribution in [0.15, 0.2) is 29.1 Å². The van der Waals surface area contributed by atoms with E-state index < -0.39 is 169 Å². The van der Waals surface area contributed by atoms with Crippen LogP contribution in [0, 0.1) is 11.8 Å². The summed E-state index contributed by atoms with van der Waals surface area (Å²) in [5, 5.41) is 50.3. The summed E-state index contributed by atoms with van der Waals surface area (Å²) in [4.78, 5) is 153. The van der Waals surface area contributed by atoms with Gasteiger partial charge < -0.3 is 136 Å². The van der Waals surface area contributed by atoms with Crippen molar-refractivity contribution < 1.29 is 129 Å². The molecule has 4 heterocycles. The number of benzene rings is 1. The fourth-order valence-corrected chi connectivity index (χ4v) is 14.3. The van der Waals surface area contributed by atoms with Crippen molar-refractivity contribution in [1.29, 1.82) is 0 Å². The molecule has 40 nitrogen and oxygen atoms in total. The Morgan fingerprint density at radius 3 is 1.74 bits per heavy atom. The number of aromatic nitrogens is 1. The van der Waals surface area contributed by atoms with Crippen LogP contribution in [0.2, 0.25) is 0 Å². The van der Waals surface area contributed by atoms with Crippen LogP contribution < -0.4 is 59.2 Å². The van der Waals surface area contributed by atoms with E-state index >= 15 is 4.21 Å². The predicted octanol–water partition coefficient (Wildman–Crippen LogP) is -4.51. The number of aromatic amines is 1. The zero-order chi connectivity index (χ0) is 84.7. The van der Waals surface area contributed by atoms with E-state index in [1.807, 2.05) is 0 Å². The predicted molar refractivity (Wildman–Crippen MR) is 420 cm³/mol. The second kappa shape index (κ2) is 55.8. The highest BCUT2D eigenvalue weighted by molar-refractivity contribution is 7.98. The third kappa shape index (κ3) is 35.4. The molecule has 11 amide bonds. The van der Waals surface area contributed by atoms with Gasteiger partial charge in [0.2, 0.25) is 65.0 Å². The fourth-order valence-electron chi connectivity index (χ4n) is 12.0. The number of aliphatic hydroxyl groups is 3. The molecule has 17 N–H and O–H groups in total. The van der Waals surface area contributed by atoms with Crippen LogP contribution in [0.3, 0.4) is 0 Å². The van der Waals surface area contributed by atoms with E-state index in [0.29, 0.717) is 179 Å². The molecule has 0 aliphatic carbocycles. The van der Waals surface area contributed by atoms with Crippen LogP contribution in [0.1, 0.15) is 83.8 Å². The van der Waals surface area contributed by atoms with Crippen LogP contribution in [0.5, 0.6) is 5.75 Å². The lowest BCUT2D eigenvalue weighted by Crippen LogP contribution is -2.61. The number of aliphatic hydroxyl groups excluding tert-OH is 3. The van der Waals surface area contributed by atoms with E-state index in [4.69, 9.17) is 74.0 Å². The van der Waals surface area contributed by atoms with Crippen molar-refractivity contribution in [2.24, 2.45) is 29.0 Å². The van der Waals surface area contributed by atoms with Gasteiger partial charge in [0.05, 0.1) is 206 Å². The molecule has 1 aromatic heterocycles. The summed E-state index contributed by atoms with van der Waals surface area (Å²) < 4.78 is 82.6. The number of rotatable bonds is 57. The summed E-state index contributed by atoms with van der Waals surface area (Å²) in [6.07, 6.45) is -2.36. The molecule has 116 heavy (non-hydrogen) atoms. The molecule has 2 saturated heterocycles. The SMILES string of the molecule is CCC(=O)N[C@H](C(=O)NCC(=O)N[C@@H]1CS(=O)c2[nH]c3c(CSCCOCCOCCOCCOCCOCCOCCOCCOCCOCCOCCOCCN/C=C(\N)CN4C(=O)CCC4=O)c(OC)ccc3c2C[C@@H](C(N)=O)NC(=O)[C@H]([C@@H](C)[C@@H](O)CO)NC(=O)[C@@H]2C[C@@H](O)CN2C(=O)[C@H](CCC(N)=O)NC1=O)[C@@H](C)CC. The minimum Gasteiger partial charge on any atom is -0.496 e. The van der Waals surface area contributed by atoms with Crippen LogP contribution in [-0.4, -0.2) is 345 Å². The number of imide groups is 1. The molecule has 2 aromatic rings. The van der Waals surface area contributed by atoms with E-state index in [2.05, 4.69) is 42.2 Å². The van der Waals surface area contributed by atoms with Crippen LogP contribution in [0.4, 0.5) is 0 Å². The molecule has 42 heteroatoms. The Morgan fingerprint density at radius 1 is 0.707 bits per heavy atom. The number of primary amides is 2. The van der Waals surface area contributed by atoms with Crippen LogP contribution >= 0.6 is 11.8 Å². The van der Waals surface area contributed by atoms with Crippen molar-refractivity contribution in [2.45, 2.75) is 138 Å². The van der Waals surface area contributed by atoms with Crippen molar-refractivity contribution in [1.82, 2.24) is 52.0 Å². The van der Waals surface area contributed by atoms with Gasteiger partial charge in [-0.2, -0.15) is 11.8 Å². The molecule has 2 fully saturated rings. The normalized spacial score (nSPS) is 20.2. The summed E-state index contributed by atoms with van der Waals surface area (Å²) in [6.45, 7) is 13.2. The van der Waals surface area contributed by atoms with Gasteiger partial charge in [-0.15, -0.1) is 0 Å². The number of amides is 11. The Labute approximate surface area is 681 Å². The lowest BCUT2D eigenvalue weighted by Gasteiger charge is -2.32. The minimum atomic E-state index is -2.45. The van der Waals surface area contributed by atoms with Gasteiger partial charge in [0.15, 0.2) is 0 Å². The molecule has 0 radical (unpaired) electrons. The number of hydrogen-bond donors (Lipinski definition) is 14. The summed E-state index contributed by atoms with van der Waals surface area (Å²) >= 11 is 1.44. The molecule has 11 atom stereocenters. The number of likely N-dealkylation sites (tertiary alicyclic amines) is 1. The molecule has 1 aromatic carbocycles. The third-order valence-corrected chi connectivity index (χ3v) is 21.1. The standard InChI is InChI=1S/C74H121N13O27S2/c1-6-47(3)65(83-61(92)7-2)71(99)79-41-62(93)80-56-46-116(102)73-52(39-55(68(77)96)82-72(100)66(48(4)58(90)44-88)84-70(98)57-38-50(89)43-86(57)74(101)54(81-69(56)97)9-11-60(76)91)51-8-10-59(103-5)53(67(51)85-73)45-115-37-36-114-35-34-113-33-32-112-31-30-111-29-28-110-27-26-109-25-24-108-23-22-107-21-20-106-19-18-105-17-16-104-15-14-78-40-49(75)42-87-63(94)12-13-64(87)95/h8,10,40,47-48,50,54-58,65-66,78,85,88-90H,6-7,9,11-39,41-46,75H2,1-5H3,(H2,76,91)(H2,77,96)(H,79,99)(H,80,93)(H,81,97)(H,82,100)(H,83,92)(H,84,98)/b49-40-/t47-,48-,50+,54-,55-,56+,57-,58-,65-,66-,116?/m0/s1. The van der Waals surface area contributed by atoms with Crippen LogP contribution in [0.25, 0.3) is 10.9 Å². The number of nitrogens with one attached hydrogen (secondary N) is 8. The van der Waals surface area contributed by atoms with Crippen molar-refractivity contribution in [3.8, 4) is 5.75 Å². The maximum absolute atomic E-state index is 15.4. The first kappa shape index (κ1) is 98.8. The molecular weight excluding hydrogens is 1570 g/mol. The molecule has 656 valence electrons. The van der Waals surface area contributed by atoms with Gasteiger partial charge in [-0.1, -0.05) is 34.1 Å². The van der Waals surface area contributed by atoms with Gasteiger partial charge in [-0.3, -0.25) is 61.8 Å². The Morgan fingerprint density at radius 2 is 1.24 bits per heavy atom. The monoisotopic (exact) mass is 1690 g/mol. The number of carbonyl (C=O) groups excluding carboxylic acids is 11. The number of nitrogens with two attached hydrogens (primary N) is 3. The van der Waals surface area contributed by atoms with Gasteiger partial charge in [0, 0.05) is 91.9 Å². The van der Waals surface area contributed by atoms with Crippen molar-refractivity contribution in [3.63, 3.8) is 0 Å². The molecule has 1 unspecified atom stereocenters. The zero-order valence-electron chi connectivity index (χ0n) is 67.0. The third-order valence-electron chi connectivity index (χ3n) is 18.7. The first-order valence-electron chi connectivity index (χ1n) is 39.0. The van der Waals surface area contributed by atoms with E-state index in [1.54, 1.807) is 39.1 Å². The lowest BCUT2D eigenvalue weighted by molar-refractivity contribution is -0.143. The molecule has 0 spiro atoms. The Bertz CT molecular complexity index is 3460. The number of ether oxygens (including phenoxy) is 12. The average Bonchev–Trinajstić information content (AvgIpc) is 1.61. The first-order chi connectivity index (χ1) is 55.8. The van der Waals surface area contributed by atoms with Crippen molar-refractivity contribution in [3.05, 3.63) is 35.2 Å². The summed E-state index contributed by atoms with van der Waals surface area (Å²) in [7, 11) is -1.01. The van der Waals surface area contributed by atoms with E-state index in [1.165, 1.54) is 25.8 Å². The smallest absolute Gasteiger partial charge is 0.245 e. The number of hydrogen-bond acceptors (Lipinski definition) is 30.